The molecule has 33 heavy (non-hydrogen) atoms. The first-order valence-electron chi connectivity index (χ1n) is 11.6. The molecule has 0 spiro atoms. The van der Waals surface area contributed by atoms with Crippen molar-refractivity contribution in [2.24, 2.45) is 0 Å². The zero-order valence-corrected chi connectivity index (χ0v) is 19.0. The first-order chi connectivity index (χ1) is 16.1. The van der Waals surface area contributed by atoms with Crippen molar-refractivity contribution in [2.75, 3.05) is 18.9 Å². The summed E-state index contributed by atoms with van der Waals surface area (Å²) in [6.07, 6.45) is 8.53. The Morgan fingerprint density at radius 2 is 1.88 bits per heavy atom. The number of urea groups is 1. The summed E-state index contributed by atoms with van der Waals surface area (Å²) in [6, 6.07) is 14.3. The van der Waals surface area contributed by atoms with E-state index < -0.39 is 0 Å². The van der Waals surface area contributed by atoms with E-state index in [1.807, 2.05) is 18.2 Å². The largest absolute Gasteiger partial charge is 0.444 e. The van der Waals surface area contributed by atoms with Crippen molar-refractivity contribution < 1.29 is 13.6 Å². The summed E-state index contributed by atoms with van der Waals surface area (Å²) in [5.74, 6) is 0.133. The van der Waals surface area contributed by atoms with E-state index in [1.54, 1.807) is 18.4 Å². The third-order valence-corrected chi connectivity index (χ3v) is 6.19. The lowest BCUT2D eigenvalue weighted by molar-refractivity contribution is 0.185. The third-order valence-electron chi connectivity index (χ3n) is 6.19. The zero-order chi connectivity index (χ0) is 23.0. The Labute approximate surface area is 194 Å². The van der Waals surface area contributed by atoms with E-state index in [1.165, 1.54) is 44.2 Å². The Morgan fingerprint density at radius 1 is 1.12 bits per heavy atom. The van der Waals surface area contributed by atoms with Crippen LogP contribution in [0.15, 0.2) is 59.2 Å². The monoisotopic (exact) mass is 450 g/mol. The zero-order valence-electron chi connectivity index (χ0n) is 19.0. The number of anilines is 1. The van der Waals surface area contributed by atoms with E-state index in [-0.39, 0.29) is 11.8 Å². The number of carbonyl (C=O) groups excluding carboxylic acids is 1. The Hall–Kier alpha value is -3.19. The highest BCUT2D eigenvalue weighted by molar-refractivity contribution is 5.90. The quantitative estimate of drug-likeness (QED) is 0.468. The van der Waals surface area contributed by atoms with Gasteiger partial charge in [-0.1, -0.05) is 37.5 Å². The van der Waals surface area contributed by atoms with Gasteiger partial charge in [0.05, 0.1) is 5.69 Å². The average Bonchev–Trinajstić information content (AvgIpc) is 3.30. The van der Waals surface area contributed by atoms with Crippen molar-refractivity contribution >= 4 is 11.7 Å². The lowest BCUT2D eigenvalue weighted by atomic mass is 9.94. The molecular weight excluding hydrogens is 419 g/mol. The van der Waals surface area contributed by atoms with Gasteiger partial charge in [0.1, 0.15) is 12.1 Å². The fourth-order valence-electron chi connectivity index (χ4n) is 4.32. The van der Waals surface area contributed by atoms with Crippen molar-refractivity contribution in [3.05, 3.63) is 71.9 Å². The first kappa shape index (κ1) is 23.0. The number of hydrogen-bond donors (Lipinski definition) is 2. The lowest BCUT2D eigenvalue weighted by Gasteiger charge is -2.31. The number of oxazole rings is 1. The number of benzene rings is 2. The highest BCUT2D eigenvalue weighted by Crippen LogP contribution is 2.25. The van der Waals surface area contributed by atoms with Crippen LogP contribution in [0.25, 0.3) is 11.5 Å². The molecular formula is C26H31FN4O2. The maximum Gasteiger partial charge on any atom is 0.319 e. The molecule has 2 aromatic carbocycles. The molecule has 1 aliphatic carbocycles. The van der Waals surface area contributed by atoms with Gasteiger partial charge in [0.2, 0.25) is 5.89 Å². The van der Waals surface area contributed by atoms with Crippen molar-refractivity contribution in [2.45, 2.75) is 51.1 Å². The summed E-state index contributed by atoms with van der Waals surface area (Å²) >= 11 is 0. The summed E-state index contributed by atoms with van der Waals surface area (Å²) in [5.41, 5.74) is 3.38. The molecule has 174 valence electrons. The summed E-state index contributed by atoms with van der Waals surface area (Å²) in [6.45, 7) is 1.23. The van der Waals surface area contributed by atoms with Crippen LogP contribution in [-0.4, -0.2) is 35.5 Å². The predicted octanol–water partition coefficient (Wildman–Crippen LogP) is 5.61. The molecule has 0 saturated heterocycles. The second-order valence-electron chi connectivity index (χ2n) is 8.65. The molecule has 1 aromatic heterocycles. The van der Waals surface area contributed by atoms with Crippen LogP contribution >= 0.6 is 0 Å². The topological polar surface area (TPSA) is 70.4 Å². The van der Waals surface area contributed by atoms with Crippen LogP contribution in [0.3, 0.4) is 0 Å². The third kappa shape index (κ3) is 6.42. The Bertz CT molecular complexity index is 1040. The number of carbonyl (C=O) groups is 1. The van der Waals surface area contributed by atoms with Crippen LogP contribution in [0.1, 0.15) is 43.4 Å². The van der Waals surface area contributed by atoms with Crippen LogP contribution in [0.5, 0.6) is 0 Å². The minimum Gasteiger partial charge on any atom is -0.444 e. The summed E-state index contributed by atoms with van der Waals surface area (Å²) < 4.78 is 18.6. The van der Waals surface area contributed by atoms with Crippen molar-refractivity contribution in [1.82, 2.24) is 15.2 Å². The van der Waals surface area contributed by atoms with E-state index in [0.29, 0.717) is 30.5 Å². The number of amides is 2. The second-order valence-corrected chi connectivity index (χ2v) is 8.65. The van der Waals surface area contributed by atoms with Crippen molar-refractivity contribution in [1.29, 1.82) is 0 Å². The molecule has 0 unspecified atom stereocenters. The highest BCUT2D eigenvalue weighted by atomic mass is 19.1. The number of nitrogens with zero attached hydrogens (tertiary/aromatic N) is 2. The van der Waals surface area contributed by atoms with Crippen LogP contribution in [0.4, 0.5) is 14.9 Å². The predicted molar refractivity (Wildman–Crippen MR) is 127 cm³/mol. The number of para-hydroxylation sites is 1. The number of hydrogen-bond acceptors (Lipinski definition) is 4. The Morgan fingerprint density at radius 3 is 2.67 bits per heavy atom. The summed E-state index contributed by atoms with van der Waals surface area (Å²) in [5, 5.41) is 5.87. The standard InChI is InChI=1S/C26H31FN4O2/c1-31(23-8-3-2-4-9-23)17-20-7-5-6-10-24(20)30-26(32)28-16-15-22-18-33-25(29-22)19-11-13-21(27)14-12-19/h5-7,10-14,18,23H,2-4,8-9,15-17H2,1H3,(H2,28,30,32). The van der Waals surface area contributed by atoms with Gasteiger partial charge in [0.25, 0.3) is 0 Å². The molecule has 1 fully saturated rings. The van der Waals surface area contributed by atoms with Gasteiger partial charge in [-0.05, 0) is 55.8 Å². The Balaban J connectivity index is 1.27. The van der Waals surface area contributed by atoms with E-state index in [4.69, 9.17) is 4.42 Å². The van der Waals surface area contributed by atoms with Crippen LogP contribution in [0.2, 0.25) is 0 Å². The molecule has 1 saturated carbocycles. The van der Waals surface area contributed by atoms with Crippen molar-refractivity contribution in [3.8, 4) is 11.5 Å². The molecule has 7 heteroatoms. The van der Waals surface area contributed by atoms with Gasteiger partial charge in [0, 0.05) is 36.8 Å². The molecule has 6 nitrogen and oxygen atoms in total. The SMILES string of the molecule is CN(Cc1ccccc1NC(=O)NCCc1coc(-c2ccc(F)cc2)n1)C1CCCCC1. The molecule has 1 aliphatic rings. The minimum absolute atomic E-state index is 0.245. The minimum atomic E-state index is -0.303. The molecule has 0 radical (unpaired) electrons. The smallest absolute Gasteiger partial charge is 0.319 e. The molecule has 1 heterocycles. The van der Waals surface area contributed by atoms with Gasteiger partial charge in [0.15, 0.2) is 0 Å². The van der Waals surface area contributed by atoms with Gasteiger partial charge in [-0.3, -0.25) is 4.90 Å². The number of nitrogens with one attached hydrogen (secondary N) is 2. The van der Waals surface area contributed by atoms with Crippen LogP contribution in [-0.2, 0) is 13.0 Å². The highest BCUT2D eigenvalue weighted by Gasteiger charge is 2.19. The molecule has 0 atom stereocenters. The van der Waals surface area contributed by atoms with Gasteiger partial charge in [-0.2, -0.15) is 0 Å². The molecule has 0 bridgehead atoms. The molecule has 4 rings (SSSR count). The number of aromatic nitrogens is 1. The van der Waals surface area contributed by atoms with Gasteiger partial charge < -0.3 is 15.1 Å². The van der Waals surface area contributed by atoms with E-state index in [2.05, 4.69) is 33.6 Å². The molecule has 3 aromatic rings. The number of rotatable bonds is 8. The summed E-state index contributed by atoms with van der Waals surface area (Å²) in [7, 11) is 2.17. The van der Waals surface area contributed by atoms with Crippen LogP contribution < -0.4 is 10.6 Å². The van der Waals surface area contributed by atoms with Gasteiger partial charge in [-0.25, -0.2) is 14.2 Å². The fourth-order valence-corrected chi connectivity index (χ4v) is 4.32. The van der Waals surface area contributed by atoms with E-state index in [0.717, 1.165) is 23.5 Å². The number of halogens is 1. The van der Waals surface area contributed by atoms with Gasteiger partial charge in [-0.15, -0.1) is 0 Å². The maximum absolute atomic E-state index is 13.1. The van der Waals surface area contributed by atoms with E-state index in [9.17, 15) is 9.18 Å². The average molecular weight is 451 g/mol. The fraction of sp³-hybridized carbons (Fsp3) is 0.385. The van der Waals surface area contributed by atoms with Gasteiger partial charge >= 0.3 is 6.03 Å². The van der Waals surface area contributed by atoms with Crippen LogP contribution in [0, 0.1) is 5.82 Å². The normalized spacial score (nSPS) is 14.4. The molecule has 2 amide bonds. The van der Waals surface area contributed by atoms with E-state index >= 15 is 0 Å². The molecule has 2 N–H and O–H groups in total. The maximum atomic E-state index is 13.1. The van der Waals surface area contributed by atoms with Crippen molar-refractivity contribution in [3.63, 3.8) is 0 Å². The summed E-state index contributed by atoms with van der Waals surface area (Å²) in [4.78, 5) is 19.3. The molecule has 0 aliphatic heterocycles. The lowest BCUT2D eigenvalue weighted by Crippen LogP contribution is -2.34. The second kappa shape index (κ2) is 11.1. The Kier molecular flexibility index (Phi) is 7.73. The first-order valence-corrected chi connectivity index (χ1v) is 11.6.